The number of aryl methyl sites for hydroxylation is 1. The summed E-state index contributed by atoms with van der Waals surface area (Å²) in [4.78, 5) is 12.4. The van der Waals surface area contributed by atoms with E-state index in [0.717, 1.165) is 10.9 Å². The molecular formula is C14H17ClN2O2. The molecule has 2 N–H and O–H groups in total. The van der Waals surface area contributed by atoms with Gasteiger partial charge in [0.25, 0.3) is 0 Å². The van der Waals surface area contributed by atoms with E-state index < -0.39 is 6.04 Å². The van der Waals surface area contributed by atoms with Crippen LogP contribution in [0.25, 0.3) is 10.9 Å². The first-order chi connectivity index (χ1) is 9.08. The van der Waals surface area contributed by atoms with Gasteiger partial charge in [-0.05, 0) is 18.7 Å². The third-order valence-electron chi connectivity index (χ3n) is 3.17. The molecule has 1 heterocycles. The number of carbonyl (C=O) groups is 1. The summed E-state index contributed by atoms with van der Waals surface area (Å²) >= 11 is 5.97. The lowest BCUT2D eigenvalue weighted by atomic mass is 10.0. The summed E-state index contributed by atoms with van der Waals surface area (Å²) in [5, 5.41) is 13.8. The predicted molar refractivity (Wildman–Crippen MR) is 76.8 cm³/mol. The Balaban J connectivity index is 2.48. The molecule has 4 nitrogen and oxygen atoms in total. The monoisotopic (exact) mass is 280 g/mol. The zero-order valence-corrected chi connectivity index (χ0v) is 11.7. The van der Waals surface area contributed by atoms with E-state index in [1.165, 1.54) is 0 Å². The second-order valence-electron chi connectivity index (χ2n) is 4.47. The van der Waals surface area contributed by atoms with E-state index in [-0.39, 0.29) is 12.4 Å². The molecule has 1 aromatic heterocycles. The highest BCUT2D eigenvalue weighted by Gasteiger charge is 2.22. The van der Waals surface area contributed by atoms with Gasteiger partial charge in [0.1, 0.15) is 0 Å². The molecule has 0 aliphatic rings. The second-order valence-corrected chi connectivity index (χ2v) is 4.91. The first-order valence-electron chi connectivity index (χ1n) is 6.21. The van der Waals surface area contributed by atoms with Crippen LogP contribution in [0.15, 0.2) is 24.4 Å². The van der Waals surface area contributed by atoms with Gasteiger partial charge in [-0.1, -0.05) is 24.6 Å². The highest BCUT2D eigenvalue weighted by Crippen LogP contribution is 2.25. The highest BCUT2D eigenvalue weighted by molar-refractivity contribution is 6.31. The normalized spacial score (nSPS) is 12.8. The number of ketones is 1. The summed E-state index contributed by atoms with van der Waals surface area (Å²) in [5.41, 5.74) is 1.51. The summed E-state index contributed by atoms with van der Waals surface area (Å²) in [5.74, 6) is -0.0997. The number of nitrogens with zero attached hydrogens (tertiary/aromatic N) is 1. The van der Waals surface area contributed by atoms with Crippen LogP contribution in [0.5, 0.6) is 0 Å². The maximum atomic E-state index is 12.4. The quantitative estimate of drug-likeness (QED) is 0.824. The van der Waals surface area contributed by atoms with Crippen molar-refractivity contribution in [3.8, 4) is 0 Å². The SMILES string of the molecule is CCNC(CO)C(=O)c1cn(C)c2cc(Cl)ccc12. The first kappa shape index (κ1) is 14.1. The Bertz CT molecular complexity index is 607. The number of Topliss-reactive ketones (excluding diaryl/α,β-unsaturated/α-hetero) is 1. The fourth-order valence-corrected chi connectivity index (χ4v) is 2.39. The Morgan fingerprint density at radius 2 is 2.26 bits per heavy atom. The Hall–Kier alpha value is -1.36. The van der Waals surface area contributed by atoms with Crippen molar-refractivity contribution in [2.75, 3.05) is 13.2 Å². The van der Waals surface area contributed by atoms with Gasteiger partial charge in [0, 0.05) is 34.7 Å². The van der Waals surface area contributed by atoms with Crippen LogP contribution in [-0.2, 0) is 7.05 Å². The van der Waals surface area contributed by atoms with Gasteiger partial charge in [0.15, 0.2) is 5.78 Å². The van der Waals surface area contributed by atoms with Crippen molar-refractivity contribution in [1.82, 2.24) is 9.88 Å². The molecule has 102 valence electrons. The molecule has 2 rings (SSSR count). The second kappa shape index (κ2) is 5.74. The van der Waals surface area contributed by atoms with Crippen molar-refractivity contribution in [2.45, 2.75) is 13.0 Å². The number of hydrogen-bond donors (Lipinski definition) is 2. The van der Waals surface area contributed by atoms with E-state index in [2.05, 4.69) is 5.32 Å². The molecule has 1 unspecified atom stereocenters. The number of nitrogens with one attached hydrogen (secondary N) is 1. The van der Waals surface area contributed by atoms with Crippen molar-refractivity contribution in [3.05, 3.63) is 35.0 Å². The van der Waals surface area contributed by atoms with Gasteiger partial charge in [-0.15, -0.1) is 0 Å². The average Bonchev–Trinajstić information content (AvgIpc) is 2.72. The summed E-state index contributed by atoms with van der Waals surface area (Å²) in [7, 11) is 1.87. The number of benzene rings is 1. The van der Waals surface area contributed by atoms with Crippen molar-refractivity contribution < 1.29 is 9.90 Å². The van der Waals surface area contributed by atoms with Gasteiger partial charge >= 0.3 is 0 Å². The molecule has 0 bridgehead atoms. The summed E-state index contributed by atoms with van der Waals surface area (Å²) in [6, 6.07) is 4.87. The number of aliphatic hydroxyl groups excluding tert-OH is 1. The van der Waals surface area contributed by atoms with Crippen LogP contribution >= 0.6 is 11.6 Å². The maximum absolute atomic E-state index is 12.4. The van der Waals surface area contributed by atoms with Crippen LogP contribution in [0.4, 0.5) is 0 Å². The third kappa shape index (κ3) is 2.66. The highest BCUT2D eigenvalue weighted by atomic mass is 35.5. The number of carbonyl (C=O) groups excluding carboxylic acids is 1. The van der Waals surface area contributed by atoms with E-state index in [4.69, 9.17) is 11.6 Å². The van der Waals surface area contributed by atoms with E-state index in [1.807, 2.05) is 30.7 Å². The molecule has 0 aliphatic heterocycles. The Morgan fingerprint density at radius 1 is 1.53 bits per heavy atom. The standard InChI is InChI=1S/C14H17ClN2O2/c1-3-16-12(8-18)14(19)11-7-17(2)13-6-9(15)4-5-10(11)13/h4-7,12,16,18H,3,8H2,1-2H3. The molecule has 0 radical (unpaired) electrons. The minimum Gasteiger partial charge on any atom is -0.394 e. The number of rotatable bonds is 5. The topological polar surface area (TPSA) is 54.3 Å². The van der Waals surface area contributed by atoms with Gasteiger partial charge in [-0.25, -0.2) is 0 Å². The molecule has 0 aliphatic carbocycles. The zero-order valence-electron chi connectivity index (χ0n) is 11.0. The molecule has 2 aromatic rings. The van der Waals surface area contributed by atoms with Gasteiger partial charge in [0.2, 0.25) is 0 Å². The first-order valence-corrected chi connectivity index (χ1v) is 6.59. The minimum absolute atomic E-state index is 0.0997. The fraction of sp³-hybridized carbons (Fsp3) is 0.357. The molecule has 0 saturated carbocycles. The maximum Gasteiger partial charge on any atom is 0.184 e. The molecule has 0 amide bonds. The number of halogens is 1. The lowest BCUT2D eigenvalue weighted by molar-refractivity contribution is 0.0901. The van der Waals surface area contributed by atoms with Crippen molar-refractivity contribution >= 4 is 28.3 Å². The van der Waals surface area contributed by atoms with Crippen LogP contribution in [-0.4, -0.2) is 34.7 Å². The summed E-state index contributed by atoms with van der Waals surface area (Å²) in [6.45, 7) is 2.32. The summed E-state index contributed by atoms with van der Waals surface area (Å²) in [6.07, 6.45) is 1.78. The molecule has 1 aromatic carbocycles. The van der Waals surface area contributed by atoms with Crippen LogP contribution in [0.2, 0.25) is 5.02 Å². The van der Waals surface area contributed by atoms with E-state index >= 15 is 0 Å². The van der Waals surface area contributed by atoms with Gasteiger partial charge in [-0.3, -0.25) is 4.79 Å². The number of aliphatic hydroxyl groups is 1. The van der Waals surface area contributed by atoms with Crippen LogP contribution in [0, 0.1) is 0 Å². The number of likely N-dealkylation sites (N-methyl/N-ethyl adjacent to an activating group) is 1. The smallest absolute Gasteiger partial charge is 0.184 e. The largest absolute Gasteiger partial charge is 0.394 e. The Morgan fingerprint density at radius 3 is 2.89 bits per heavy atom. The Labute approximate surface area is 117 Å². The number of fused-ring (bicyclic) bond motifs is 1. The summed E-state index contributed by atoms with van der Waals surface area (Å²) < 4.78 is 1.87. The number of aromatic nitrogens is 1. The van der Waals surface area contributed by atoms with Gasteiger partial charge in [0.05, 0.1) is 12.6 Å². The van der Waals surface area contributed by atoms with Gasteiger partial charge in [-0.2, -0.15) is 0 Å². The lowest BCUT2D eigenvalue weighted by Gasteiger charge is -2.12. The molecule has 0 saturated heterocycles. The number of hydrogen-bond acceptors (Lipinski definition) is 3. The molecule has 19 heavy (non-hydrogen) atoms. The van der Waals surface area contributed by atoms with Crippen molar-refractivity contribution in [2.24, 2.45) is 7.05 Å². The van der Waals surface area contributed by atoms with Crippen molar-refractivity contribution in [1.29, 1.82) is 0 Å². The van der Waals surface area contributed by atoms with Crippen LogP contribution in [0.3, 0.4) is 0 Å². The molecule has 0 spiro atoms. The predicted octanol–water partition coefficient (Wildman–Crippen LogP) is 1.98. The van der Waals surface area contributed by atoms with E-state index in [9.17, 15) is 9.90 Å². The van der Waals surface area contributed by atoms with Crippen LogP contribution in [0.1, 0.15) is 17.3 Å². The third-order valence-corrected chi connectivity index (χ3v) is 3.40. The fourth-order valence-electron chi connectivity index (χ4n) is 2.23. The Kier molecular flexibility index (Phi) is 4.24. The van der Waals surface area contributed by atoms with E-state index in [1.54, 1.807) is 12.3 Å². The molecular weight excluding hydrogens is 264 g/mol. The van der Waals surface area contributed by atoms with Gasteiger partial charge < -0.3 is 15.0 Å². The zero-order chi connectivity index (χ0) is 14.0. The minimum atomic E-state index is -0.564. The van der Waals surface area contributed by atoms with E-state index in [0.29, 0.717) is 17.1 Å². The molecule has 1 atom stereocenters. The average molecular weight is 281 g/mol. The van der Waals surface area contributed by atoms with Crippen LogP contribution < -0.4 is 5.32 Å². The molecule has 5 heteroatoms. The lowest BCUT2D eigenvalue weighted by Crippen LogP contribution is -2.39. The molecule has 0 fully saturated rings. The van der Waals surface area contributed by atoms with Crippen molar-refractivity contribution in [3.63, 3.8) is 0 Å².